The number of rotatable bonds is 5. The molecule has 30 heavy (non-hydrogen) atoms. The Morgan fingerprint density at radius 3 is 2.73 bits per heavy atom. The van der Waals surface area contributed by atoms with Crippen molar-refractivity contribution in [1.82, 2.24) is 19.9 Å². The summed E-state index contributed by atoms with van der Waals surface area (Å²) in [6.45, 7) is 4.30. The van der Waals surface area contributed by atoms with E-state index in [9.17, 15) is 4.79 Å². The zero-order chi connectivity index (χ0) is 20.8. The Balaban J connectivity index is 1.67. The summed E-state index contributed by atoms with van der Waals surface area (Å²) >= 11 is 0. The number of fused-ring (bicyclic) bond motifs is 2. The Labute approximate surface area is 175 Å². The van der Waals surface area contributed by atoms with E-state index in [1.165, 1.54) is 0 Å². The third kappa shape index (κ3) is 3.09. The molecular weight excluding hydrogens is 374 g/mol. The van der Waals surface area contributed by atoms with Gasteiger partial charge in [-0.1, -0.05) is 24.3 Å². The van der Waals surface area contributed by atoms with E-state index in [0.29, 0.717) is 6.04 Å². The standard InChI is InChI=1S/C24H25N5O/c1-14(2)29-12-20(21-22(25-3)26-13-27-23(21)29)16-7-10-18-15(11-16)5-4-6-19(18)24(30)28-17-8-9-17/h4-7,10-14,17H,8-9H2,1-3H3,(H,28,30)(H,25,26,27). The molecular formula is C24H25N5O. The number of aromatic nitrogens is 3. The average molecular weight is 399 g/mol. The quantitative estimate of drug-likeness (QED) is 0.507. The van der Waals surface area contributed by atoms with Gasteiger partial charge in [0.25, 0.3) is 5.91 Å². The topological polar surface area (TPSA) is 71.8 Å². The molecule has 2 heterocycles. The van der Waals surface area contributed by atoms with Crippen LogP contribution in [0.2, 0.25) is 0 Å². The Kier molecular flexibility index (Phi) is 4.42. The molecule has 1 aliphatic rings. The van der Waals surface area contributed by atoms with Crippen molar-refractivity contribution in [2.75, 3.05) is 12.4 Å². The summed E-state index contributed by atoms with van der Waals surface area (Å²) in [5, 5.41) is 9.32. The zero-order valence-corrected chi connectivity index (χ0v) is 17.4. The highest BCUT2D eigenvalue weighted by molar-refractivity contribution is 6.09. The second-order valence-electron chi connectivity index (χ2n) is 8.20. The van der Waals surface area contributed by atoms with E-state index in [1.54, 1.807) is 6.33 Å². The normalized spacial score (nSPS) is 13.9. The summed E-state index contributed by atoms with van der Waals surface area (Å²) in [7, 11) is 1.88. The third-order valence-corrected chi connectivity index (χ3v) is 5.75. The van der Waals surface area contributed by atoms with E-state index in [4.69, 9.17) is 0 Å². The van der Waals surface area contributed by atoms with Crippen LogP contribution in [0.3, 0.4) is 0 Å². The predicted octanol–water partition coefficient (Wildman–Crippen LogP) is 4.77. The number of amides is 1. The lowest BCUT2D eigenvalue weighted by molar-refractivity contribution is 0.0952. The lowest BCUT2D eigenvalue weighted by atomic mass is 9.98. The van der Waals surface area contributed by atoms with Crippen LogP contribution in [0.5, 0.6) is 0 Å². The van der Waals surface area contributed by atoms with Crippen molar-refractivity contribution in [2.45, 2.75) is 38.8 Å². The molecule has 6 heteroatoms. The molecule has 2 aromatic carbocycles. The Bertz CT molecular complexity index is 1270. The van der Waals surface area contributed by atoms with Crippen LogP contribution in [-0.2, 0) is 0 Å². The van der Waals surface area contributed by atoms with Crippen molar-refractivity contribution in [3.63, 3.8) is 0 Å². The van der Waals surface area contributed by atoms with Crippen molar-refractivity contribution in [1.29, 1.82) is 0 Å². The molecule has 0 spiro atoms. The van der Waals surface area contributed by atoms with Crippen LogP contribution < -0.4 is 10.6 Å². The number of carbonyl (C=O) groups is 1. The molecule has 2 N–H and O–H groups in total. The van der Waals surface area contributed by atoms with Gasteiger partial charge in [-0.15, -0.1) is 0 Å². The van der Waals surface area contributed by atoms with E-state index in [1.807, 2.05) is 25.2 Å². The van der Waals surface area contributed by atoms with Gasteiger partial charge in [-0.2, -0.15) is 0 Å². The molecule has 0 unspecified atom stereocenters. The maximum absolute atomic E-state index is 12.7. The monoisotopic (exact) mass is 399 g/mol. The van der Waals surface area contributed by atoms with Gasteiger partial charge in [0.2, 0.25) is 0 Å². The third-order valence-electron chi connectivity index (χ3n) is 5.75. The number of hydrogen-bond donors (Lipinski definition) is 2. The largest absolute Gasteiger partial charge is 0.372 e. The first-order valence-corrected chi connectivity index (χ1v) is 10.4. The summed E-state index contributed by atoms with van der Waals surface area (Å²) in [5.74, 6) is 0.824. The molecule has 5 rings (SSSR count). The molecule has 6 nitrogen and oxygen atoms in total. The highest BCUT2D eigenvalue weighted by Gasteiger charge is 2.24. The second-order valence-corrected chi connectivity index (χ2v) is 8.20. The fraction of sp³-hybridized carbons (Fsp3) is 0.292. The first kappa shape index (κ1) is 18.6. The summed E-state index contributed by atoms with van der Waals surface area (Å²) in [5.41, 5.74) is 3.81. The van der Waals surface area contributed by atoms with Gasteiger partial charge < -0.3 is 15.2 Å². The number of carbonyl (C=O) groups excluding carboxylic acids is 1. The van der Waals surface area contributed by atoms with Crippen LogP contribution in [0.4, 0.5) is 5.82 Å². The van der Waals surface area contributed by atoms with Gasteiger partial charge in [0.15, 0.2) is 0 Å². The number of anilines is 1. The van der Waals surface area contributed by atoms with E-state index in [2.05, 4.69) is 63.4 Å². The van der Waals surface area contributed by atoms with Gasteiger partial charge in [-0.3, -0.25) is 4.79 Å². The molecule has 0 atom stereocenters. The first-order valence-electron chi connectivity index (χ1n) is 10.4. The van der Waals surface area contributed by atoms with Gasteiger partial charge in [0, 0.05) is 36.5 Å². The maximum Gasteiger partial charge on any atom is 0.252 e. The van der Waals surface area contributed by atoms with Crippen LogP contribution in [-0.4, -0.2) is 33.5 Å². The predicted molar refractivity (Wildman–Crippen MR) is 121 cm³/mol. The number of hydrogen-bond acceptors (Lipinski definition) is 4. The number of nitrogens with one attached hydrogen (secondary N) is 2. The fourth-order valence-electron chi connectivity index (χ4n) is 4.03. The first-order chi connectivity index (χ1) is 14.6. The molecule has 4 aromatic rings. The van der Waals surface area contributed by atoms with E-state index < -0.39 is 0 Å². The number of benzene rings is 2. The second kappa shape index (κ2) is 7.13. The lowest BCUT2D eigenvalue weighted by Gasteiger charge is -2.09. The summed E-state index contributed by atoms with van der Waals surface area (Å²) in [6, 6.07) is 12.8. The molecule has 0 radical (unpaired) electrons. The van der Waals surface area contributed by atoms with Crippen LogP contribution in [0, 0.1) is 0 Å². The van der Waals surface area contributed by atoms with Gasteiger partial charge in [0.1, 0.15) is 17.8 Å². The van der Waals surface area contributed by atoms with Gasteiger partial charge in [-0.25, -0.2) is 9.97 Å². The van der Waals surface area contributed by atoms with Crippen LogP contribution in [0.1, 0.15) is 43.1 Å². The van der Waals surface area contributed by atoms with Crippen molar-refractivity contribution in [2.24, 2.45) is 0 Å². The SMILES string of the molecule is CNc1ncnc2c1c(-c1ccc3c(C(=O)NC4CC4)cccc3c1)cn2C(C)C. The Hall–Kier alpha value is -3.41. The molecule has 1 amide bonds. The van der Waals surface area contributed by atoms with E-state index in [-0.39, 0.29) is 11.9 Å². The van der Waals surface area contributed by atoms with Gasteiger partial charge in [0.05, 0.1) is 5.39 Å². The summed E-state index contributed by atoms with van der Waals surface area (Å²) in [6.07, 6.45) is 5.91. The van der Waals surface area contributed by atoms with Crippen LogP contribution in [0.25, 0.3) is 32.9 Å². The van der Waals surface area contributed by atoms with Crippen LogP contribution in [0.15, 0.2) is 48.9 Å². The Morgan fingerprint density at radius 1 is 1.17 bits per heavy atom. The minimum atomic E-state index is 0.0122. The highest BCUT2D eigenvalue weighted by atomic mass is 16.1. The summed E-state index contributed by atoms with van der Waals surface area (Å²) in [4.78, 5) is 21.6. The Morgan fingerprint density at radius 2 is 2.00 bits per heavy atom. The molecule has 1 saturated carbocycles. The average Bonchev–Trinajstić information content (AvgIpc) is 3.48. The molecule has 2 aromatic heterocycles. The smallest absolute Gasteiger partial charge is 0.252 e. The molecule has 0 aliphatic heterocycles. The van der Waals surface area contributed by atoms with Crippen molar-refractivity contribution >= 4 is 33.5 Å². The van der Waals surface area contributed by atoms with Gasteiger partial charge >= 0.3 is 0 Å². The van der Waals surface area contributed by atoms with E-state index in [0.717, 1.165) is 57.2 Å². The highest BCUT2D eigenvalue weighted by Crippen LogP contribution is 2.36. The molecule has 1 aliphatic carbocycles. The zero-order valence-electron chi connectivity index (χ0n) is 17.4. The maximum atomic E-state index is 12.7. The van der Waals surface area contributed by atoms with Crippen LogP contribution >= 0.6 is 0 Å². The van der Waals surface area contributed by atoms with Crippen molar-refractivity contribution in [3.05, 3.63) is 54.5 Å². The van der Waals surface area contributed by atoms with Crippen molar-refractivity contribution in [3.8, 4) is 11.1 Å². The molecule has 0 saturated heterocycles. The summed E-state index contributed by atoms with van der Waals surface area (Å²) < 4.78 is 2.18. The molecule has 152 valence electrons. The fourth-order valence-corrected chi connectivity index (χ4v) is 4.03. The van der Waals surface area contributed by atoms with Crippen molar-refractivity contribution < 1.29 is 4.79 Å². The minimum absolute atomic E-state index is 0.0122. The van der Waals surface area contributed by atoms with Gasteiger partial charge in [-0.05, 0) is 55.2 Å². The van der Waals surface area contributed by atoms with E-state index >= 15 is 0 Å². The molecule has 1 fully saturated rings. The minimum Gasteiger partial charge on any atom is -0.372 e. The number of nitrogens with zero attached hydrogens (tertiary/aromatic N) is 3. The molecule has 0 bridgehead atoms. The lowest BCUT2D eigenvalue weighted by Crippen LogP contribution is -2.25.